The minimum atomic E-state index is -1.48. The topological polar surface area (TPSA) is 96.6 Å². The number of carboxylic acid groups (broad SMARTS) is 2. The standard InChI is InChI=1S/C16H15NO5/c18-14(11-5-2-1-3-6-11)13-7-4-9-17(13)10-8-12(15(19)20)16(21)22/h1-7,9,12H,8,10H2,(H,19,20)(H,21,22). The molecule has 0 aliphatic rings. The number of carbonyl (C=O) groups excluding carboxylic acids is 1. The Balaban J connectivity index is 2.15. The first kappa shape index (κ1) is 15.5. The van der Waals surface area contributed by atoms with Gasteiger partial charge in [-0.25, -0.2) is 0 Å². The highest BCUT2D eigenvalue weighted by Crippen LogP contribution is 2.13. The number of hydrogen-bond donors (Lipinski definition) is 2. The number of rotatable bonds is 7. The van der Waals surface area contributed by atoms with Crippen LogP contribution in [-0.4, -0.2) is 32.5 Å². The normalized spacial score (nSPS) is 10.6. The summed E-state index contributed by atoms with van der Waals surface area (Å²) in [5.41, 5.74) is 0.927. The highest BCUT2D eigenvalue weighted by Gasteiger charge is 2.25. The minimum Gasteiger partial charge on any atom is -0.481 e. The second-order valence-corrected chi connectivity index (χ2v) is 4.80. The Morgan fingerprint density at radius 2 is 1.59 bits per heavy atom. The van der Waals surface area contributed by atoms with Crippen molar-refractivity contribution in [2.45, 2.75) is 13.0 Å². The first-order valence-electron chi connectivity index (χ1n) is 6.71. The lowest BCUT2D eigenvalue weighted by molar-refractivity contribution is -0.154. The number of benzene rings is 1. The van der Waals surface area contributed by atoms with E-state index in [1.54, 1.807) is 53.2 Å². The molecule has 2 N–H and O–H groups in total. The van der Waals surface area contributed by atoms with E-state index in [0.29, 0.717) is 11.3 Å². The molecule has 1 aromatic heterocycles. The molecule has 1 aromatic carbocycles. The van der Waals surface area contributed by atoms with Crippen molar-refractivity contribution in [3.05, 3.63) is 59.9 Å². The molecule has 0 bridgehead atoms. The smallest absolute Gasteiger partial charge is 0.317 e. The van der Waals surface area contributed by atoms with Crippen LogP contribution in [0, 0.1) is 5.92 Å². The summed E-state index contributed by atoms with van der Waals surface area (Å²) < 4.78 is 1.58. The Hall–Kier alpha value is -2.89. The van der Waals surface area contributed by atoms with Crippen molar-refractivity contribution in [1.82, 2.24) is 4.57 Å². The molecule has 0 spiro atoms. The Bertz CT molecular complexity index is 676. The number of nitrogens with zero attached hydrogens (tertiary/aromatic N) is 1. The number of ketones is 1. The minimum absolute atomic E-state index is 0.0889. The molecule has 0 radical (unpaired) electrons. The molecular formula is C16H15NO5. The van der Waals surface area contributed by atoms with Crippen molar-refractivity contribution in [3.8, 4) is 0 Å². The van der Waals surface area contributed by atoms with Gasteiger partial charge in [-0.3, -0.25) is 14.4 Å². The number of aliphatic carboxylic acids is 2. The second kappa shape index (κ2) is 6.71. The number of carbonyl (C=O) groups is 3. The molecule has 2 rings (SSSR count). The summed E-state index contributed by atoms with van der Waals surface area (Å²) in [7, 11) is 0. The van der Waals surface area contributed by atoms with Gasteiger partial charge in [-0.15, -0.1) is 0 Å². The van der Waals surface area contributed by atoms with Crippen molar-refractivity contribution in [2.75, 3.05) is 0 Å². The van der Waals surface area contributed by atoms with Crippen LogP contribution in [0.25, 0.3) is 0 Å². The zero-order chi connectivity index (χ0) is 16.1. The SMILES string of the molecule is O=C(c1ccccc1)c1cccn1CCC(C(=O)O)C(=O)O. The number of hydrogen-bond acceptors (Lipinski definition) is 3. The zero-order valence-electron chi connectivity index (χ0n) is 11.7. The molecule has 6 heteroatoms. The van der Waals surface area contributed by atoms with Crippen LogP contribution in [-0.2, 0) is 16.1 Å². The lowest BCUT2D eigenvalue weighted by atomic mass is 10.1. The molecule has 2 aromatic rings. The molecule has 0 aliphatic heterocycles. The summed E-state index contributed by atoms with van der Waals surface area (Å²) in [6, 6.07) is 12.0. The highest BCUT2D eigenvalue weighted by atomic mass is 16.4. The zero-order valence-corrected chi connectivity index (χ0v) is 11.7. The summed E-state index contributed by atoms with van der Waals surface area (Å²) in [4.78, 5) is 34.2. The quantitative estimate of drug-likeness (QED) is 0.601. The molecule has 0 fully saturated rings. The fourth-order valence-corrected chi connectivity index (χ4v) is 2.17. The maximum Gasteiger partial charge on any atom is 0.317 e. The molecule has 22 heavy (non-hydrogen) atoms. The largest absolute Gasteiger partial charge is 0.481 e. The van der Waals surface area contributed by atoms with Gasteiger partial charge in [-0.05, 0) is 18.6 Å². The Labute approximate surface area is 126 Å². The van der Waals surface area contributed by atoms with Gasteiger partial charge in [-0.2, -0.15) is 0 Å². The summed E-state index contributed by atoms with van der Waals surface area (Å²) in [5.74, 6) is -4.43. The summed E-state index contributed by atoms with van der Waals surface area (Å²) in [5, 5.41) is 17.7. The molecular weight excluding hydrogens is 286 g/mol. The molecule has 0 unspecified atom stereocenters. The fourth-order valence-electron chi connectivity index (χ4n) is 2.17. The molecule has 0 aliphatic carbocycles. The van der Waals surface area contributed by atoms with Gasteiger partial charge in [0.2, 0.25) is 5.78 Å². The van der Waals surface area contributed by atoms with Gasteiger partial charge in [0.25, 0.3) is 0 Å². The predicted molar refractivity (Wildman–Crippen MR) is 77.7 cm³/mol. The summed E-state index contributed by atoms with van der Waals surface area (Å²) in [6.07, 6.45) is 1.55. The van der Waals surface area contributed by atoms with Gasteiger partial charge in [0.05, 0.1) is 5.69 Å². The average Bonchev–Trinajstić information content (AvgIpc) is 2.95. The lowest BCUT2D eigenvalue weighted by Crippen LogP contribution is -2.25. The Morgan fingerprint density at radius 3 is 2.18 bits per heavy atom. The maximum atomic E-state index is 12.4. The average molecular weight is 301 g/mol. The van der Waals surface area contributed by atoms with Crippen LogP contribution in [0.3, 0.4) is 0 Å². The first-order chi connectivity index (χ1) is 10.5. The van der Waals surface area contributed by atoms with Crippen molar-refractivity contribution >= 4 is 17.7 Å². The lowest BCUT2D eigenvalue weighted by Gasteiger charge is -2.11. The van der Waals surface area contributed by atoms with E-state index >= 15 is 0 Å². The molecule has 0 amide bonds. The predicted octanol–water partition coefficient (Wildman–Crippen LogP) is 1.89. The van der Waals surface area contributed by atoms with Crippen molar-refractivity contribution in [3.63, 3.8) is 0 Å². The third-order valence-corrected chi connectivity index (χ3v) is 3.35. The van der Waals surface area contributed by atoms with Gasteiger partial charge in [0.1, 0.15) is 0 Å². The van der Waals surface area contributed by atoms with Crippen LogP contribution >= 0.6 is 0 Å². The van der Waals surface area contributed by atoms with Gasteiger partial charge in [0.15, 0.2) is 5.92 Å². The molecule has 6 nitrogen and oxygen atoms in total. The van der Waals surface area contributed by atoms with Crippen LogP contribution in [0.2, 0.25) is 0 Å². The third kappa shape index (κ3) is 3.41. The third-order valence-electron chi connectivity index (χ3n) is 3.35. The number of aryl methyl sites for hydroxylation is 1. The molecule has 0 saturated heterocycles. The van der Waals surface area contributed by atoms with E-state index in [-0.39, 0.29) is 18.7 Å². The molecule has 114 valence electrons. The molecule has 0 atom stereocenters. The first-order valence-corrected chi connectivity index (χ1v) is 6.71. The van der Waals surface area contributed by atoms with Crippen LogP contribution in [0.1, 0.15) is 22.5 Å². The van der Waals surface area contributed by atoms with E-state index in [1.807, 2.05) is 0 Å². The monoisotopic (exact) mass is 301 g/mol. The van der Waals surface area contributed by atoms with Gasteiger partial charge in [-0.1, -0.05) is 30.3 Å². The summed E-state index contributed by atoms with van der Waals surface area (Å²) in [6.45, 7) is 0.143. The van der Waals surface area contributed by atoms with Crippen molar-refractivity contribution in [1.29, 1.82) is 0 Å². The number of aromatic nitrogens is 1. The van der Waals surface area contributed by atoms with Crippen molar-refractivity contribution < 1.29 is 24.6 Å². The molecule has 0 saturated carbocycles. The van der Waals surface area contributed by atoms with E-state index in [9.17, 15) is 14.4 Å². The van der Waals surface area contributed by atoms with Crippen LogP contribution in [0.5, 0.6) is 0 Å². The van der Waals surface area contributed by atoms with E-state index in [0.717, 1.165) is 0 Å². The van der Waals surface area contributed by atoms with Gasteiger partial charge < -0.3 is 14.8 Å². The Morgan fingerprint density at radius 1 is 0.955 bits per heavy atom. The van der Waals surface area contributed by atoms with E-state index in [1.165, 1.54) is 0 Å². The highest BCUT2D eigenvalue weighted by molar-refractivity contribution is 6.07. The van der Waals surface area contributed by atoms with E-state index in [2.05, 4.69) is 0 Å². The van der Waals surface area contributed by atoms with Crippen LogP contribution < -0.4 is 0 Å². The van der Waals surface area contributed by atoms with Crippen LogP contribution in [0.15, 0.2) is 48.7 Å². The summed E-state index contributed by atoms with van der Waals surface area (Å²) >= 11 is 0. The van der Waals surface area contributed by atoms with Gasteiger partial charge in [0, 0.05) is 18.3 Å². The number of carboxylic acids is 2. The van der Waals surface area contributed by atoms with Crippen LogP contribution in [0.4, 0.5) is 0 Å². The fraction of sp³-hybridized carbons (Fsp3) is 0.188. The second-order valence-electron chi connectivity index (χ2n) is 4.80. The maximum absolute atomic E-state index is 12.4. The van der Waals surface area contributed by atoms with Gasteiger partial charge >= 0.3 is 11.9 Å². The van der Waals surface area contributed by atoms with Crippen molar-refractivity contribution in [2.24, 2.45) is 5.92 Å². The Kier molecular flexibility index (Phi) is 4.73. The van der Waals surface area contributed by atoms with E-state index < -0.39 is 17.9 Å². The molecule has 1 heterocycles. The van der Waals surface area contributed by atoms with E-state index in [4.69, 9.17) is 10.2 Å².